The van der Waals surface area contributed by atoms with Crippen molar-refractivity contribution in [3.63, 3.8) is 0 Å². The van der Waals surface area contributed by atoms with Crippen molar-refractivity contribution in [1.29, 1.82) is 0 Å². The zero-order valence-corrected chi connectivity index (χ0v) is 15.6. The number of fused-ring (bicyclic) bond motifs is 3. The van der Waals surface area contributed by atoms with Crippen LogP contribution in [0.3, 0.4) is 0 Å². The van der Waals surface area contributed by atoms with E-state index in [-0.39, 0.29) is 5.69 Å². The SMILES string of the molecule is CN(C(=O)c1cc2c(s1)-c1ccccc1OCC2)c1cnccc1C(F)(F)F. The van der Waals surface area contributed by atoms with Crippen LogP contribution in [-0.4, -0.2) is 24.5 Å². The highest BCUT2D eigenvalue weighted by Gasteiger charge is 2.36. The van der Waals surface area contributed by atoms with Gasteiger partial charge in [0.2, 0.25) is 0 Å². The number of hydrogen-bond donors (Lipinski definition) is 0. The Hall–Kier alpha value is -2.87. The summed E-state index contributed by atoms with van der Waals surface area (Å²) >= 11 is 1.26. The van der Waals surface area contributed by atoms with Crippen molar-refractivity contribution < 1.29 is 22.7 Å². The van der Waals surface area contributed by atoms with Gasteiger partial charge in [0, 0.05) is 30.1 Å². The van der Waals surface area contributed by atoms with Gasteiger partial charge in [-0.25, -0.2) is 0 Å². The molecule has 4 nitrogen and oxygen atoms in total. The predicted octanol–water partition coefficient (Wildman–Crippen LogP) is 5.04. The van der Waals surface area contributed by atoms with Crippen LogP contribution in [-0.2, 0) is 12.6 Å². The molecule has 0 spiro atoms. The number of hydrogen-bond acceptors (Lipinski definition) is 4. The van der Waals surface area contributed by atoms with Gasteiger partial charge in [-0.3, -0.25) is 9.78 Å². The highest BCUT2D eigenvalue weighted by Crippen LogP contribution is 2.41. The highest BCUT2D eigenvalue weighted by atomic mass is 32.1. The molecule has 0 bridgehead atoms. The van der Waals surface area contributed by atoms with Crippen LogP contribution in [0.4, 0.5) is 18.9 Å². The summed E-state index contributed by atoms with van der Waals surface area (Å²) in [6, 6.07) is 10.2. The lowest BCUT2D eigenvalue weighted by molar-refractivity contribution is -0.137. The second-order valence-electron chi connectivity index (χ2n) is 6.31. The monoisotopic (exact) mass is 404 g/mol. The number of pyridine rings is 1. The number of carbonyl (C=O) groups is 1. The summed E-state index contributed by atoms with van der Waals surface area (Å²) in [6.45, 7) is 0.477. The average Bonchev–Trinajstić information content (AvgIpc) is 3.03. The molecule has 1 amide bonds. The quantitative estimate of drug-likeness (QED) is 0.601. The van der Waals surface area contributed by atoms with Crippen LogP contribution in [0.1, 0.15) is 20.8 Å². The zero-order valence-electron chi connectivity index (χ0n) is 14.8. The van der Waals surface area contributed by atoms with E-state index in [1.165, 1.54) is 18.4 Å². The number of aromatic nitrogens is 1. The molecule has 144 valence electrons. The lowest BCUT2D eigenvalue weighted by atomic mass is 10.1. The average molecular weight is 404 g/mol. The van der Waals surface area contributed by atoms with Crippen LogP contribution in [0.5, 0.6) is 5.75 Å². The fourth-order valence-corrected chi connectivity index (χ4v) is 4.38. The third kappa shape index (κ3) is 3.24. The summed E-state index contributed by atoms with van der Waals surface area (Å²) in [6.07, 6.45) is -1.83. The maximum atomic E-state index is 13.3. The van der Waals surface area contributed by atoms with Crippen LogP contribution in [0.15, 0.2) is 48.8 Å². The molecule has 0 saturated carbocycles. The van der Waals surface area contributed by atoms with Gasteiger partial charge in [0.25, 0.3) is 5.91 Å². The maximum Gasteiger partial charge on any atom is 0.418 e. The van der Waals surface area contributed by atoms with Gasteiger partial charge in [-0.2, -0.15) is 13.2 Å². The minimum absolute atomic E-state index is 0.271. The molecular weight excluding hydrogens is 389 g/mol. The highest BCUT2D eigenvalue weighted by molar-refractivity contribution is 7.17. The summed E-state index contributed by atoms with van der Waals surface area (Å²) in [5.41, 5.74) is 0.676. The number of anilines is 1. The Bertz CT molecular complexity index is 1050. The molecule has 0 saturated heterocycles. The Morgan fingerprint density at radius 1 is 1.25 bits per heavy atom. The number of alkyl halides is 3. The lowest BCUT2D eigenvalue weighted by Gasteiger charge is -2.20. The molecule has 0 atom stereocenters. The van der Waals surface area contributed by atoms with E-state index in [1.54, 1.807) is 6.07 Å². The zero-order chi connectivity index (χ0) is 19.9. The fourth-order valence-electron chi connectivity index (χ4n) is 3.17. The fraction of sp³-hybridized carbons (Fsp3) is 0.200. The van der Waals surface area contributed by atoms with E-state index in [2.05, 4.69) is 4.98 Å². The van der Waals surface area contributed by atoms with Crippen LogP contribution in [0.25, 0.3) is 10.4 Å². The molecule has 0 unspecified atom stereocenters. The third-order valence-electron chi connectivity index (χ3n) is 4.55. The van der Waals surface area contributed by atoms with Crippen molar-refractivity contribution in [1.82, 2.24) is 4.98 Å². The first kappa shape index (κ1) is 18.5. The Kier molecular flexibility index (Phi) is 4.58. The number of thiophene rings is 1. The Labute approximate surface area is 163 Å². The van der Waals surface area contributed by atoms with E-state index < -0.39 is 17.6 Å². The molecule has 1 aromatic carbocycles. The summed E-state index contributed by atoms with van der Waals surface area (Å²) in [7, 11) is 1.33. The van der Waals surface area contributed by atoms with E-state index in [9.17, 15) is 18.0 Å². The Balaban J connectivity index is 1.72. The molecule has 1 aliphatic rings. The van der Waals surface area contributed by atoms with Gasteiger partial charge in [0.1, 0.15) is 5.75 Å². The first-order valence-electron chi connectivity index (χ1n) is 8.50. The maximum absolute atomic E-state index is 13.3. The molecule has 0 N–H and O–H groups in total. The molecule has 0 aliphatic carbocycles. The molecule has 0 radical (unpaired) electrons. The molecule has 2 aromatic heterocycles. The summed E-state index contributed by atoms with van der Waals surface area (Å²) < 4.78 is 45.6. The predicted molar refractivity (Wildman–Crippen MR) is 101 cm³/mol. The summed E-state index contributed by atoms with van der Waals surface area (Å²) in [5.74, 6) is 0.233. The third-order valence-corrected chi connectivity index (χ3v) is 5.75. The van der Waals surface area contributed by atoms with Gasteiger partial charge in [0.15, 0.2) is 0 Å². The van der Waals surface area contributed by atoms with Crippen molar-refractivity contribution in [2.45, 2.75) is 12.6 Å². The van der Waals surface area contributed by atoms with Gasteiger partial charge in [-0.1, -0.05) is 12.1 Å². The first-order valence-corrected chi connectivity index (χ1v) is 9.32. The largest absolute Gasteiger partial charge is 0.493 e. The van der Waals surface area contributed by atoms with Crippen LogP contribution in [0, 0.1) is 0 Å². The van der Waals surface area contributed by atoms with E-state index in [1.807, 2.05) is 24.3 Å². The lowest BCUT2D eigenvalue weighted by Crippen LogP contribution is -2.28. The number of rotatable bonds is 2. The van der Waals surface area contributed by atoms with Gasteiger partial charge in [-0.15, -0.1) is 11.3 Å². The number of nitrogens with zero attached hydrogens (tertiary/aromatic N) is 2. The van der Waals surface area contributed by atoms with Crippen molar-refractivity contribution in [3.05, 3.63) is 64.8 Å². The van der Waals surface area contributed by atoms with Crippen molar-refractivity contribution in [2.75, 3.05) is 18.6 Å². The number of halogens is 3. The molecular formula is C20H15F3N2O2S. The number of para-hydroxylation sites is 1. The standard InChI is InChI=1S/C20H15F3N2O2S/c1-25(15-11-24-8-6-14(15)20(21,22)23)19(26)17-10-12-7-9-27-16-5-3-2-4-13(16)18(12)28-17/h2-6,8,10-11H,7,9H2,1H3. The number of ether oxygens (including phenoxy) is 1. The van der Waals surface area contributed by atoms with E-state index in [0.717, 1.165) is 45.1 Å². The minimum Gasteiger partial charge on any atom is -0.493 e. The first-order chi connectivity index (χ1) is 13.4. The number of carbonyl (C=O) groups excluding carboxylic acids is 1. The van der Waals surface area contributed by atoms with Crippen LogP contribution in [0.2, 0.25) is 0 Å². The Morgan fingerprint density at radius 3 is 2.82 bits per heavy atom. The number of amides is 1. The van der Waals surface area contributed by atoms with Gasteiger partial charge < -0.3 is 9.64 Å². The van der Waals surface area contributed by atoms with Crippen LogP contribution >= 0.6 is 11.3 Å². The molecule has 4 rings (SSSR count). The molecule has 28 heavy (non-hydrogen) atoms. The van der Waals surface area contributed by atoms with E-state index >= 15 is 0 Å². The van der Waals surface area contributed by atoms with Crippen LogP contribution < -0.4 is 9.64 Å². The second kappa shape index (κ2) is 6.94. The van der Waals surface area contributed by atoms with Gasteiger partial charge in [-0.05, 0) is 29.8 Å². The summed E-state index contributed by atoms with van der Waals surface area (Å²) in [5, 5.41) is 0. The van der Waals surface area contributed by atoms with Gasteiger partial charge in [0.05, 0.1) is 28.9 Å². The smallest absolute Gasteiger partial charge is 0.418 e. The van der Waals surface area contributed by atoms with Crippen molar-refractivity contribution in [2.24, 2.45) is 0 Å². The molecule has 3 heterocycles. The number of benzene rings is 1. The molecule has 1 aliphatic heterocycles. The van der Waals surface area contributed by atoms with E-state index in [4.69, 9.17) is 4.74 Å². The minimum atomic E-state index is -4.57. The van der Waals surface area contributed by atoms with Crippen molar-refractivity contribution in [3.8, 4) is 16.2 Å². The Morgan fingerprint density at radius 2 is 2.04 bits per heavy atom. The summed E-state index contributed by atoms with van der Waals surface area (Å²) in [4.78, 5) is 19.0. The van der Waals surface area contributed by atoms with E-state index in [0.29, 0.717) is 17.9 Å². The topological polar surface area (TPSA) is 42.4 Å². The molecule has 0 fully saturated rings. The van der Waals surface area contributed by atoms with Gasteiger partial charge >= 0.3 is 6.18 Å². The normalized spacial score (nSPS) is 13.1. The van der Waals surface area contributed by atoms with Crippen molar-refractivity contribution >= 4 is 22.9 Å². The second-order valence-corrected chi connectivity index (χ2v) is 7.37. The molecule has 3 aromatic rings. The molecule has 8 heteroatoms.